The van der Waals surface area contributed by atoms with Crippen molar-refractivity contribution in [2.24, 2.45) is 0 Å². The Labute approximate surface area is 132 Å². The van der Waals surface area contributed by atoms with E-state index in [1.54, 1.807) is 0 Å². The maximum Gasteiger partial charge on any atom is 0.199 e. The van der Waals surface area contributed by atoms with E-state index in [0.29, 0.717) is 22.0 Å². The minimum absolute atomic E-state index is 0.578. The van der Waals surface area contributed by atoms with E-state index in [4.69, 9.17) is 4.43 Å². The summed E-state index contributed by atoms with van der Waals surface area (Å²) >= 11 is 0. The van der Waals surface area contributed by atoms with E-state index in [9.17, 15) is 0 Å². The zero-order valence-corrected chi connectivity index (χ0v) is 19.2. The van der Waals surface area contributed by atoms with Gasteiger partial charge in [0.25, 0.3) is 0 Å². The van der Waals surface area contributed by atoms with Gasteiger partial charge in [-0.1, -0.05) is 80.8 Å². The molecule has 0 aromatic carbocycles. The number of rotatable bonds is 7. The highest BCUT2D eigenvalue weighted by Crippen LogP contribution is 2.44. The molecule has 122 valence electrons. The minimum atomic E-state index is -1.74. The molecular weight excluding hydrogens is 292 g/mol. The van der Waals surface area contributed by atoms with Crippen molar-refractivity contribution in [2.45, 2.75) is 103 Å². The molecule has 0 unspecified atom stereocenters. The fourth-order valence-corrected chi connectivity index (χ4v) is 23.9. The van der Waals surface area contributed by atoms with E-state index in [1.807, 2.05) is 0 Å². The van der Waals surface area contributed by atoms with Gasteiger partial charge < -0.3 is 4.43 Å². The van der Waals surface area contributed by atoms with Crippen molar-refractivity contribution in [3.8, 4) is 0 Å². The Morgan fingerprint density at radius 2 is 0.800 bits per heavy atom. The zero-order chi connectivity index (χ0) is 16.5. The molecule has 4 heteroatoms. The van der Waals surface area contributed by atoms with Crippen molar-refractivity contribution in [1.29, 1.82) is 0 Å². The van der Waals surface area contributed by atoms with Crippen LogP contribution in [0.5, 0.6) is 0 Å². The lowest BCUT2D eigenvalue weighted by atomic mass is 10.5. The van der Waals surface area contributed by atoms with Crippen LogP contribution in [0.15, 0.2) is 0 Å². The van der Waals surface area contributed by atoms with Gasteiger partial charge in [0, 0.05) is 5.35 Å². The third-order valence-corrected chi connectivity index (χ3v) is 19.7. The molecule has 0 aromatic heterocycles. The lowest BCUT2D eigenvalue weighted by molar-refractivity contribution is 0.289. The van der Waals surface area contributed by atoms with E-state index in [0.717, 1.165) is 0 Å². The Morgan fingerprint density at radius 3 is 0.950 bits per heavy atom. The molecule has 0 aromatic rings. The summed E-state index contributed by atoms with van der Waals surface area (Å²) < 4.78 is 7.21. The first kappa shape index (κ1) is 20.6. The second-order valence-corrected chi connectivity index (χ2v) is 26.0. The molecule has 0 radical (unpaired) electrons. The van der Waals surface area contributed by atoms with Crippen molar-refractivity contribution < 1.29 is 4.43 Å². The van der Waals surface area contributed by atoms with Crippen LogP contribution in [-0.4, -0.2) is 29.8 Å². The minimum Gasteiger partial charge on any atom is -0.419 e. The standard InChI is InChI=1S/C16H40OSi3/c1-13(2)20(14(3)4,15(5)6)17-16(18(7,8)9)19(10,11)12/h13-16H,1-12H3. The molecule has 0 aliphatic heterocycles. The van der Waals surface area contributed by atoms with Gasteiger partial charge in [-0.2, -0.15) is 0 Å². The van der Waals surface area contributed by atoms with Crippen LogP contribution in [0.3, 0.4) is 0 Å². The van der Waals surface area contributed by atoms with E-state index < -0.39 is 24.5 Å². The molecule has 0 fully saturated rings. The molecule has 1 nitrogen and oxygen atoms in total. The highest BCUT2D eigenvalue weighted by molar-refractivity contribution is 6.97. The van der Waals surface area contributed by atoms with Crippen molar-refractivity contribution in [3.05, 3.63) is 0 Å². The summed E-state index contributed by atoms with van der Waals surface area (Å²) in [5.41, 5.74) is 2.08. The summed E-state index contributed by atoms with van der Waals surface area (Å²) in [5, 5.41) is 0.578. The maximum absolute atomic E-state index is 7.21. The molecule has 0 aliphatic rings. The first-order valence-electron chi connectivity index (χ1n) is 8.35. The lowest BCUT2D eigenvalue weighted by Gasteiger charge is -2.50. The normalized spacial score (nSPS) is 15.0. The van der Waals surface area contributed by atoms with Gasteiger partial charge in [-0.15, -0.1) is 0 Å². The van der Waals surface area contributed by atoms with Gasteiger partial charge in [-0.05, 0) is 16.6 Å². The van der Waals surface area contributed by atoms with E-state index in [2.05, 4.69) is 80.8 Å². The molecular formula is C16H40OSi3. The second kappa shape index (κ2) is 6.80. The Bertz CT molecular complexity index is 262. The van der Waals surface area contributed by atoms with Gasteiger partial charge in [0.2, 0.25) is 0 Å². The summed E-state index contributed by atoms with van der Waals surface area (Å²) in [6, 6.07) is 0. The summed E-state index contributed by atoms with van der Waals surface area (Å²) in [6.07, 6.45) is 0. The molecule has 0 atom stereocenters. The second-order valence-electron chi connectivity index (χ2n) is 9.55. The molecule has 0 bridgehead atoms. The average Bonchev–Trinajstić information content (AvgIpc) is 2.11. The fraction of sp³-hybridized carbons (Fsp3) is 1.00. The topological polar surface area (TPSA) is 9.23 Å². The average molecular weight is 333 g/mol. The Kier molecular flexibility index (Phi) is 7.01. The molecule has 0 N–H and O–H groups in total. The van der Waals surface area contributed by atoms with Gasteiger partial charge in [-0.3, -0.25) is 0 Å². The molecule has 0 spiro atoms. The summed E-state index contributed by atoms with van der Waals surface area (Å²) in [7, 11) is -4.33. The lowest BCUT2D eigenvalue weighted by Crippen LogP contribution is -2.62. The van der Waals surface area contributed by atoms with Crippen LogP contribution in [0.1, 0.15) is 41.5 Å². The van der Waals surface area contributed by atoms with Crippen LogP contribution in [0.25, 0.3) is 0 Å². The van der Waals surface area contributed by atoms with Crippen molar-refractivity contribution >= 4 is 24.5 Å². The van der Waals surface area contributed by atoms with Gasteiger partial charge >= 0.3 is 0 Å². The SMILES string of the molecule is CC(C)[Si](OC([Si](C)(C)C)[Si](C)(C)C)(C(C)C)C(C)C. The maximum atomic E-state index is 7.21. The molecule has 0 saturated heterocycles. The largest absolute Gasteiger partial charge is 0.419 e. The van der Waals surface area contributed by atoms with Gasteiger partial charge in [-0.25, -0.2) is 0 Å². The predicted molar refractivity (Wildman–Crippen MR) is 103 cm³/mol. The zero-order valence-electron chi connectivity index (χ0n) is 16.2. The van der Waals surface area contributed by atoms with E-state index in [-0.39, 0.29) is 0 Å². The highest BCUT2D eigenvalue weighted by Gasteiger charge is 2.51. The summed E-state index contributed by atoms with van der Waals surface area (Å²) in [4.78, 5) is 0. The fourth-order valence-electron chi connectivity index (χ4n) is 4.26. The van der Waals surface area contributed by atoms with Gasteiger partial charge in [0.15, 0.2) is 8.32 Å². The summed E-state index contributed by atoms with van der Waals surface area (Å²) in [5.74, 6) is 0. The molecule has 0 rings (SSSR count). The quantitative estimate of drug-likeness (QED) is 0.497. The smallest absolute Gasteiger partial charge is 0.199 e. The van der Waals surface area contributed by atoms with Crippen LogP contribution in [0, 0.1) is 0 Å². The molecule has 20 heavy (non-hydrogen) atoms. The van der Waals surface area contributed by atoms with Crippen LogP contribution in [0.4, 0.5) is 0 Å². The Morgan fingerprint density at radius 1 is 0.550 bits per heavy atom. The Hall–Kier alpha value is 0.611. The van der Waals surface area contributed by atoms with Gasteiger partial charge in [0.05, 0.1) is 16.1 Å². The highest BCUT2D eigenvalue weighted by atomic mass is 28.4. The first-order chi connectivity index (χ1) is 8.67. The van der Waals surface area contributed by atoms with Crippen LogP contribution >= 0.6 is 0 Å². The van der Waals surface area contributed by atoms with Crippen molar-refractivity contribution in [1.82, 2.24) is 0 Å². The third-order valence-electron chi connectivity index (χ3n) is 4.60. The number of hydrogen-bond donors (Lipinski definition) is 0. The van der Waals surface area contributed by atoms with Gasteiger partial charge in [0.1, 0.15) is 0 Å². The van der Waals surface area contributed by atoms with Crippen molar-refractivity contribution in [2.75, 3.05) is 0 Å². The third kappa shape index (κ3) is 4.55. The predicted octanol–water partition coefficient (Wildman–Crippen LogP) is 6.30. The first-order valence-corrected chi connectivity index (χ1v) is 17.6. The molecule has 0 aliphatic carbocycles. The van der Waals surface area contributed by atoms with E-state index >= 15 is 0 Å². The van der Waals surface area contributed by atoms with Crippen LogP contribution < -0.4 is 0 Å². The summed E-state index contributed by atoms with van der Waals surface area (Å²) in [6.45, 7) is 29.4. The van der Waals surface area contributed by atoms with Crippen molar-refractivity contribution in [3.63, 3.8) is 0 Å². The van der Waals surface area contributed by atoms with Crippen LogP contribution in [-0.2, 0) is 4.43 Å². The molecule has 0 heterocycles. The molecule has 0 saturated carbocycles. The number of hydrogen-bond acceptors (Lipinski definition) is 1. The Balaban J connectivity index is 5.75. The van der Waals surface area contributed by atoms with E-state index in [1.165, 1.54) is 0 Å². The van der Waals surface area contributed by atoms with Crippen LogP contribution in [0.2, 0.25) is 55.9 Å². The molecule has 0 amide bonds. The monoisotopic (exact) mass is 332 g/mol.